The van der Waals surface area contributed by atoms with E-state index in [0.29, 0.717) is 18.5 Å². The number of hydrogen-bond acceptors (Lipinski definition) is 5. The lowest BCUT2D eigenvalue weighted by molar-refractivity contribution is -0.161. The molecule has 0 atom stereocenters. The van der Waals surface area contributed by atoms with Crippen molar-refractivity contribution in [3.63, 3.8) is 0 Å². The maximum Gasteiger partial charge on any atom is 0.320 e. The van der Waals surface area contributed by atoms with Crippen LogP contribution in [0.4, 0.5) is 5.69 Å². The summed E-state index contributed by atoms with van der Waals surface area (Å²) in [6.07, 6.45) is 0.949. The van der Waals surface area contributed by atoms with Crippen LogP contribution in [-0.4, -0.2) is 25.2 Å². The lowest BCUT2D eigenvalue weighted by atomic mass is 9.99. The van der Waals surface area contributed by atoms with E-state index in [1.807, 2.05) is 12.1 Å². The highest BCUT2D eigenvalue weighted by Gasteiger charge is 2.28. The van der Waals surface area contributed by atoms with Gasteiger partial charge in [-0.3, -0.25) is 9.59 Å². The van der Waals surface area contributed by atoms with Crippen molar-refractivity contribution in [2.24, 2.45) is 5.92 Å². The Balaban J connectivity index is 2.66. The molecule has 0 aliphatic carbocycles. The van der Waals surface area contributed by atoms with Crippen LogP contribution in [-0.2, 0) is 25.5 Å². The normalized spacial score (nSPS) is 10.3. The molecule has 0 aliphatic heterocycles. The minimum atomic E-state index is -0.868. The summed E-state index contributed by atoms with van der Waals surface area (Å²) in [6.45, 7) is 3.91. The first-order chi connectivity index (χ1) is 9.58. The average molecular weight is 279 g/mol. The van der Waals surface area contributed by atoms with Gasteiger partial charge in [0, 0.05) is 5.69 Å². The van der Waals surface area contributed by atoms with Gasteiger partial charge in [-0.25, -0.2) is 0 Å². The number of esters is 2. The van der Waals surface area contributed by atoms with Crippen LogP contribution in [0.2, 0.25) is 0 Å². The van der Waals surface area contributed by atoms with Crippen LogP contribution in [0, 0.1) is 5.92 Å². The van der Waals surface area contributed by atoms with Gasteiger partial charge in [0.25, 0.3) is 0 Å². The van der Waals surface area contributed by atoms with Gasteiger partial charge >= 0.3 is 11.9 Å². The Morgan fingerprint density at radius 2 is 1.55 bits per heavy atom. The van der Waals surface area contributed by atoms with Crippen molar-refractivity contribution in [1.82, 2.24) is 0 Å². The minimum absolute atomic E-state index is 0.247. The third-order valence-electron chi connectivity index (χ3n) is 2.84. The predicted octanol–water partition coefficient (Wildman–Crippen LogP) is 1.94. The van der Waals surface area contributed by atoms with Crippen molar-refractivity contribution in [1.29, 1.82) is 0 Å². The molecular formula is C15H21NO4. The molecule has 0 unspecified atom stereocenters. The first kappa shape index (κ1) is 16.0. The molecule has 5 heteroatoms. The molecule has 0 bridgehead atoms. The Kier molecular flexibility index (Phi) is 6.56. The van der Waals surface area contributed by atoms with Crippen molar-refractivity contribution in [2.75, 3.05) is 18.9 Å². The fourth-order valence-corrected chi connectivity index (χ4v) is 1.81. The van der Waals surface area contributed by atoms with E-state index in [1.165, 1.54) is 0 Å². The molecule has 0 saturated carbocycles. The first-order valence-corrected chi connectivity index (χ1v) is 6.76. The lowest BCUT2D eigenvalue weighted by Crippen LogP contribution is -2.28. The number of hydrogen-bond donors (Lipinski definition) is 1. The molecule has 1 rings (SSSR count). The van der Waals surface area contributed by atoms with Crippen LogP contribution in [0.3, 0.4) is 0 Å². The fourth-order valence-electron chi connectivity index (χ4n) is 1.81. The van der Waals surface area contributed by atoms with E-state index in [1.54, 1.807) is 26.0 Å². The number of nitrogen functional groups attached to an aromatic ring is 1. The second-order valence-corrected chi connectivity index (χ2v) is 4.34. The molecular weight excluding hydrogens is 258 g/mol. The Bertz CT molecular complexity index is 424. The van der Waals surface area contributed by atoms with E-state index >= 15 is 0 Å². The third kappa shape index (κ3) is 4.91. The van der Waals surface area contributed by atoms with Crippen LogP contribution in [0.25, 0.3) is 0 Å². The smallest absolute Gasteiger partial charge is 0.320 e. The van der Waals surface area contributed by atoms with Gasteiger partial charge in [-0.1, -0.05) is 12.1 Å². The highest BCUT2D eigenvalue weighted by atomic mass is 16.6. The van der Waals surface area contributed by atoms with E-state index in [4.69, 9.17) is 15.2 Å². The number of benzene rings is 1. The van der Waals surface area contributed by atoms with Crippen LogP contribution >= 0.6 is 0 Å². The molecule has 0 aliphatic rings. The van der Waals surface area contributed by atoms with Crippen LogP contribution in [0.5, 0.6) is 0 Å². The van der Waals surface area contributed by atoms with Crippen molar-refractivity contribution in [3.8, 4) is 0 Å². The van der Waals surface area contributed by atoms with Gasteiger partial charge in [-0.05, 0) is 44.4 Å². The maximum atomic E-state index is 11.8. The Morgan fingerprint density at radius 3 is 2.00 bits per heavy atom. The summed E-state index contributed by atoms with van der Waals surface area (Å²) in [4.78, 5) is 23.6. The molecule has 1 aromatic rings. The Morgan fingerprint density at radius 1 is 1.05 bits per heavy atom. The van der Waals surface area contributed by atoms with Crippen molar-refractivity contribution < 1.29 is 19.1 Å². The molecule has 1 aromatic carbocycles. The fraction of sp³-hybridized carbons (Fsp3) is 0.467. The molecule has 0 aromatic heterocycles. The Labute approximate surface area is 119 Å². The molecule has 0 heterocycles. The van der Waals surface area contributed by atoms with E-state index in [-0.39, 0.29) is 13.2 Å². The van der Waals surface area contributed by atoms with Gasteiger partial charge in [0.2, 0.25) is 0 Å². The lowest BCUT2D eigenvalue weighted by Gasteiger charge is -2.14. The van der Waals surface area contributed by atoms with Gasteiger partial charge in [0.05, 0.1) is 13.2 Å². The minimum Gasteiger partial charge on any atom is -0.465 e. The first-order valence-electron chi connectivity index (χ1n) is 6.76. The van der Waals surface area contributed by atoms with Gasteiger partial charge in [-0.15, -0.1) is 0 Å². The third-order valence-corrected chi connectivity index (χ3v) is 2.84. The standard InChI is InChI=1S/C15H21NO4/c1-3-19-14(17)13(15(18)20-4-2)10-7-11-5-8-12(16)9-6-11/h5-6,8-9,13H,3-4,7,10,16H2,1-2H3. The molecule has 20 heavy (non-hydrogen) atoms. The van der Waals surface area contributed by atoms with Crippen molar-refractivity contribution in [3.05, 3.63) is 29.8 Å². The van der Waals surface area contributed by atoms with Gasteiger partial charge in [0.1, 0.15) is 0 Å². The zero-order valence-corrected chi connectivity index (χ0v) is 11.9. The molecule has 0 radical (unpaired) electrons. The molecule has 0 spiro atoms. The summed E-state index contributed by atoms with van der Waals surface area (Å²) in [5.74, 6) is -1.92. The molecule has 0 amide bonds. The Hall–Kier alpha value is -2.04. The molecule has 5 nitrogen and oxygen atoms in total. The summed E-state index contributed by atoms with van der Waals surface area (Å²) in [6, 6.07) is 7.34. The van der Waals surface area contributed by atoms with E-state index < -0.39 is 17.9 Å². The zero-order chi connectivity index (χ0) is 15.0. The van der Waals surface area contributed by atoms with Crippen molar-refractivity contribution in [2.45, 2.75) is 26.7 Å². The van der Waals surface area contributed by atoms with Gasteiger partial charge < -0.3 is 15.2 Å². The van der Waals surface area contributed by atoms with Crippen molar-refractivity contribution >= 4 is 17.6 Å². The molecule has 0 saturated heterocycles. The second kappa shape index (κ2) is 8.19. The number of ether oxygens (including phenoxy) is 2. The summed E-state index contributed by atoms with van der Waals surface area (Å²) in [5.41, 5.74) is 7.30. The summed E-state index contributed by atoms with van der Waals surface area (Å²) >= 11 is 0. The largest absolute Gasteiger partial charge is 0.465 e. The predicted molar refractivity (Wildman–Crippen MR) is 75.9 cm³/mol. The summed E-state index contributed by atoms with van der Waals surface area (Å²) in [5, 5.41) is 0. The number of carbonyl (C=O) groups excluding carboxylic acids is 2. The summed E-state index contributed by atoms with van der Waals surface area (Å²) in [7, 11) is 0. The molecule has 110 valence electrons. The van der Waals surface area contributed by atoms with Crippen LogP contribution in [0.15, 0.2) is 24.3 Å². The number of nitrogens with two attached hydrogens (primary N) is 1. The monoisotopic (exact) mass is 279 g/mol. The van der Waals surface area contributed by atoms with Gasteiger partial charge in [-0.2, -0.15) is 0 Å². The molecule has 2 N–H and O–H groups in total. The topological polar surface area (TPSA) is 78.6 Å². The second-order valence-electron chi connectivity index (χ2n) is 4.34. The van der Waals surface area contributed by atoms with Crippen LogP contribution < -0.4 is 5.73 Å². The maximum absolute atomic E-state index is 11.8. The summed E-state index contributed by atoms with van der Waals surface area (Å²) < 4.78 is 9.84. The molecule has 0 fully saturated rings. The number of carbonyl (C=O) groups is 2. The number of anilines is 1. The number of aryl methyl sites for hydroxylation is 1. The average Bonchev–Trinajstić information content (AvgIpc) is 2.42. The van der Waals surface area contributed by atoms with Gasteiger partial charge in [0.15, 0.2) is 5.92 Å². The van der Waals surface area contributed by atoms with E-state index in [9.17, 15) is 9.59 Å². The van der Waals surface area contributed by atoms with E-state index in [0.717, 1.165) is 5.56 Å². The van der Waals surface area contributed by atoms with Crippen LogP contribution in [0.1, 0.15) is 25.8 Å². The quantitative estimate of drug-likeness (QED) is 0.469. The van der Waals surface area contributed by atoms with E-state index in [2.05, 4.69) is 0 Å². The SMILES string of the molecule is CCOC(=O)C(CCc1ccc(N)cc1)C(=O)OCC. The highest BCUT2D eigenvalue weighted by molar-refractivity contribution is 5.94. The highest BCUT2D eigenvalue weighted by Crippen LogP contribution is 2.15. The zero-order valence-electron chi connectivity index (χ0n) is 11.9. The number of rotatable bonds is 7.